The van der Waals surface area contributed by atoms with Gasteiger partial charge in [0, 0.05) is 0 Å². The van der Waals surface area contributed by atoms with Crippen molar-refractivity contribution in [3.8, 4) is 0 Å². The average Bonchev–Trinajstić information content (AvgIpc) is 2.38. The monoisotopic (exact) mass is 411 g/mol. The molecule has 1 aliphatic heterocycles. The van der Waals surface area contributed by atoms with E-state index in [0.29, 0.717) is 0 Å². The van der Waals surface area contributed by atoms with Crippen LogP contribution in [0.2, 0.25) is 27.9 Å². The summed E-state index contributed by atoms with van der Waals surface area (Å²) in [6.45, 7) is 8.00. The van der Waals surface area contributed by atoms with Gasteiger partial charge in [-0.1, -0.05) is 0 Å². The van der Waals surface area contributed by atoms with Crippen molar-refractivity contribution < 1.29 is 0 Å². The van der Waals surface area contributed by atoms with Crippen molar-refractivity contribution in [2.45, 2.75) is 50.7 Å². The second kappa shape index (κ2) is 7.18. The zero-order chi connectivity index (χ0) is 15.5. The van der Waals surface area contributed by atoms with E-state index in [0.717, 1.165) is 3.56 Å². The Morgan fingerprint density at radius 1 is 1.00 bits per heavy atom. The molecule has 21 heavy (non-hydrogen) atoms. The van der Waals surface area contributed by atoms with Gasteiger partial charge in [0.2, 0.25) is 0 Å². The van der Waals surface area contributed by atoms with E-state index >= 15 is 0 Å². The van der Waals surface area contributed by atoms with E-state index in [-0.39, 0.29) is 0 Å². The van der Waals surface area contributed by atoms with Crippen LogP contribution < -0.4 is 0 Å². The molecule has 0 amide bonds. The Bertz CT molecular complexity index is 432. The van der Waals surface area contributed by atoms with Gasteiger partial charge in [0.15, 0.2) is 0 Å². The van der Waals surface area contributed by atoms with E-state index in [4.69, 9.17) is 0 Å². The second-order valence-electron chi connectivity index (χ2n) is 8.54. The molecule has 0 bridgehead atoms. The van der Waals surface area contributed by atoms with Crippen molar-refractivity contribution in [1.29, 1.82) is 0 Å². The number of benzene rings is 1. The third-order valence-corrected chi connectivity index (χ3v) is 26.4. The van der Waals surface area contributed by atoms with Crippen LogP contribution in [0.15, 0.2) is 30.3 Å². The van der Waals surface area contributed by atoms with Gasteiger partial charge in [-0.3, -0.25) is 0 Å². The van der Waals surface area contributed by atoms with Crippen LogP contribution in [0.5, 0.6) is 0 Å². The summed E-state index contributed by atoms with van der Waals surface area (Å²) in [4.78, 5) is 10.7. The van der Waals surface area contributed by atoms with Crippen LogP contribution in [0.3, 0.4) is 0 Å². The molecular formula is C18H33NSiSn. The average molecular weight is 410 g/mol. The van der Waals surface area contributed by atoms with Gasteiger partial charge in [-0.25, -0.2) is 0 Å². The number of piperidine rings is 1. The van der Waals surface area contributed by atoms with Crippen LogP contribution in [-0.4, -0.2) is 50.6 Å². The fourth-order valence-corrected chi connectivity index (χ4v) is 33.9. The Morgan fingerprint density at radius 2 is 1.57 bits per heavy atom. The SMILES string of the molecule is C[Si](C)(CN1CCCCC1)[C@H](c1ccccc1)[Sn]([CH3])([CH3])[CH3]. The van der Waals surface area contributed by atoms with E-state index in [1.807, 2.05) is 0 Å². The molecule has 0 spiro atoms. The molecule has 0 aliphatic carbocycles. The van der Waals surface area contributed by atoms with E-state index < -0.39 is 26.5 Å². The van der Waals surface area contributed by atoms with E-state index in [2.05, 4.69) is 63.1 Å². The fraction of sp³-hybridized carbons (Fsp3) is 0.667. The molecule has 0 radical (unpaired) electrons. The van der Waals surface area contributed by atoms with Crippen LogP contribution >= 0.6 is 0 Å². The van der Waals surface area contributed by atoms with Crippen LogP contribution in [0.4, 0.5) is 0 Å². The predicted octanol–water partition coefficient (Wildman–Crippen LogP) is 4.92. The van der Waals surface area contributed by atoms with Gasteiger partial charge in [-0.05, 0) is 0 Å². The Labute approximate surface area is 137 Å². The molecule has 1 aromatic rings. The summed E-state index contributed by atoms with van der Waals surface area (Å²) in [5.74, 6) is 0. The van der Waals surface area contributed by atoms with Gasteiger partial charge in [-0.15, -0.1) is 0 Å². The summed E-state index contributed by atoms with van der Waals surface area (Å²) in [6.07, 6.45) is 5.68. The van der Waals surface area contributed by atoms with Gasteiger partial charge in [0.25, 0.3) is 0 Å². The molecule has 0 unspecified atom stereocenters. The van der Waals surface area contributed by atoms with Crippen molar-refractivity contribution in [3.63, 3.8) is 0 Å². The Morgan fingerprint density at radius 3 is 2.10 bits per heavy atom. The zero-order valence-electron chi connectivity index (χ0n) is 14.7. The number of rotatable bonds is 5. The van der Waals surface area contributed by atoms with Crippen molar-refractivity contribution in [1.82, 2.24) is 4.90 Å². The zero-order valence-corrected chi connectivity index (χ0v) is 18.5. The summed E-state index contributed by atoms with van der Waals surface area (Å²) in [6, 6.07) is 11.4. The van der Waals surface area contributed by atoms with Crippen molar-refractivity contribution in [3.05, 3.63) is 35.9 Å². The first-order valence-electron chi connectivity index (χ1n) is 8.58. The first-order valence-corrected chi connectivity index (χ1v) is 22.1. The second-order valence-corrected chi connectivity index (χ2v) is 30.2. The summed E-state index contributed by atoms with van der Waals surface area (Å²) in [5.41, 5.74) is 1.65. The Balaban J connectivity index is 2.22. The molecule has 1 atom stereocenters. The van der Waals surface area contributed by atoms with Crippen molar-refractivity contribution >= 4 is 26.5 Å². The molecule has 0 saturated carbocycles. The standard InChI is InChI=1S/C15H24NSi.3CH3.Sn/c1-17(2,13-15-9-5-3-6-10-15)14-16-11-7-4-8-12-16;;;;/h3,5-6,9-10,13H,4,7-8,11-12,14H2,1-2H3;3*1H3;. The van der Waals surface area contributed by atoms with Crippen molar-refractivity contribution in [2.75, 3.05) is 19.3 Å². The molecule has 1 nitrogen and oxygen atoms in total. The molecule has 3 heteroatoms. The summed E-state index contributed by atoms with van der Waals surface area (Å²) >= 11 is -2.01. The third-order valence-electron chi connectivity index (χ3n) is 4.86. The van der Waals surface area contributed by atoms with Gasteiger partial charge >= 0.3 is 137 Å². The fourth-order valence-electron chi connectivity index (χ4n) is 4.55. The minimum atomic E-state index is -2.01. The number of likely N-dealkylation sites (tertiary alicyclic amines) is 1. The summed E-state index contributed by atoms with van der Waals surface area (Å²) in [7, 11) is -1.28. The number of hydrogen-bond donors (Lipinski definition) is 0. The predicted molar refractivity (Wildman–Crippen MR) is 100 cm³/mol. The van der Waals surface area contributed by atoms with Crippen LogP contribution in [0.25, 0.3) is 0 Å². The summed E-state index contributed by atoms with van der Waals surface area (Å²) < 4.78 is 0.926. The first-order chi connectivity index (χ1) is 9.81. The van der Waals surface area contributed by atoms with E-state index in [9.17, 15) is 0 Å². The molecule has 1 fully saturated rings. The molecule has 2 rings (SSSR count). The molecule has 0 N–H and O–H groups in total. The van der Waals surface area contributed by atoms with Crippen LogP contribution in [0, 0.1) is 0 Å². The Hall–Kier alpha value is 0.196. The maximum atomic E-state index is 2.78. The quantitative estimate of drug-likeness (QED) is 0.623. The molecule has 1 heterocycles. The third kappa shape index (κ3) is 4.83. The van der Waals surface area contributed by atoms with Crippen LogP contribution in [0.1, 0.15) is 28.4 Å². The number of hydrogen-bond acceptors (Lipinski definition) is 1. The minimum absolute atomic E-state index is 0.926. The van der Waals surface area contributed by atoms with E-state index in [1.165, 1.54) is 38.5 Å². The maximum absolute atomic E-state index is 2.78. The molecular weight excluding hydrogens is 377 g/mol. The molecule has 1 aliphatic rings. The molecule has 0 aromatic heterocycles. The van der Waals surface area contributed by atoms with Gasteiger partial charge in [-0.2, -0.15) is 0 Å². The Kier molecular flexibility index (Phi) is 6.00. The van der Waals surface area contributed by atoms with Crippen molar-refractivity contribution in [2.24, 2.45) is 0 Å². The van der Waals surface area contributed by atoms with Crippen LogP contribution in [-0.2, 0) is 0 Å². The topological polar surface area (TPSA) is 3.24 Å². The molecule has 1 aromatic carbocycles. The van der Waals surface area contributed by atoms with Gasteiger partial charge in [0.1, 0.15) is 0 Å². The first kappa shape index (κ1) is 17.5. The van der Waals surface area contributed by atoms with E-state index in [1.54, 1.807) is 5.56 Å². The van der Waals surface area contributed by atoms with Gasteiger partial charge < -0.3 is 0 Å². The molecule has 1 saturated heterocycles. The number of nitrogens with zero attached hydrogens (tertiary/aromatic N) is 1. The summed E-state index contributed by atoms with van der Waals surface area (Å²) in [5, 5.41) is 0. The molecule has 118 valence electrons. The van der Waals surface area contributed by atoms with Gasteiger partial charge in [0.05, 0.1) is 0 Å². The normalized spacial score (nSPS) is 19.5.